The number of nitrogens with one attached hydrogen (secondary N) is 1. The van der Waals surface area contributed by atoms with Crippen molar-refractivity contribution in [1.82, 2.24) is 5.43 Å². The van der Waals surface area contributed by atoms with Gasteiger partial charge in [-0.3, -0.25) is 11.3 Å². The molecule has 0 amide bonds. The normalized spacial score (nSPS) is 10.0. The molecule has 0 spiro atoms. The molecular weight excluding hydrogens is 140 g/mol. The first-order valence-corrected chi connectivity index (χ1v) is 3.46. The predicted molar refractivity (Wildman–Crippen MR) is 43.9 cm³/mol. The smallest absolute Gasteiger partial charge is 0.118 e. The standard InChI is InChI=1S/C8H12N2O/c1-6-2-3-7(5-10-9)4-8(6)11/h2-4,10-11H,5,9H2,1H3. The van der Waals surface area contributed by atoms with Crippen LogP contribution in [0.4, 0.5) is 0 Å². The lowest BCUT2D eigenvalue weighted by atomic mass is 10.1. The molecule has 0 heterocycles. The number of aromatic hydroxyl groups is 1. The van der Waals surface area contributed by atoms with Gasteiger partial charge in [0.1, 0.15) is 5.75 Å². The van der Waals surface area contributed by atoms with Gasteiger partial charge < -0.3 is 5.11 Å². The monoisotopic (exact) mass is 152 g/mol. The molecule has 3 nitrogen and oxygen atoms in total. The van der Waals surface area contributed by atoms with Crippen LogP contribution in [-0.4, -0.2) is 5.11 Å². The maximum absolute atomic E-state index is 9.26. The molecule has 60 valence electrons. The summed E-state index contributed by atoms with van der Waals surface area (Å²) in [7, 11) is 0. The largest absolute Gasteiger partial charge is 0.508 e. The molecule has 0 aromatic heterocycles. The van der Waals surface area contributed by atoms with Gasteiger partial charge >= 0.3 is 0 Å². The van der Waals surface area contributed by atoms with Crippen molar-refractivity contribution >= 4 is 0 Å². The summed E-state index contributed by atoms with van der Waals surface area (Å²) in [5.74, 6) is 5.43. The number of hydrazine groups is 1. The number of rotatable bonds is 2. The van der Waals surface area contributed by atoms with E-state index in [4.69, 9.17) is 5.84 Å². The lowest BCUT2D eigenvalue weighted by Gasteiger charge is -2.02. The number of phenolic OH excluding ortho intramolecular Hbond substituents is 1. The van der Waals surface area contributed by atoms with Gasteiger partial charge in [-0.1, -0.05) is 12.1 Å². The SMILES string of the molecule is Cc1ccc(CNN)cc1O. The average molecular weight is 152 g/mol. The minimum absolute atomic E-state index is 0.317. The number of hydrogen-bond acceptors (Lipinski definition) is 3. The molecule has 0 saturated heterocycles. The average Bonchev–Trinajstić information content (AvgIpc) is 1.98. The Bertz CT molecular complexity index is 248. The van der Waals surface area contributed by atoms with Crippen molar-refractivity contribution in [1.29, 1.82) is 0 Å². The second kappa shape index (κ2) is 3.37. The van der Waals surface area contributed by atoms with E-state index in [0.29, 0.717) is 12.3 Å². The van der Waals surface area contributed by atoms with Gasteiger partial charge in [-0.05, 0) is 24.1 Å². The molecule has 0 aliphatic rings. The van der Waals surface area contributed by atoms with E-state index in [2.05, 4.69) is 5.43 Å². The zero-order valence-electron chi connectivity index (χ0n) is 6.46. The fourth-order valence-electron chi connectivity index (χ4n) is 0.883. The molecule has 1 aromatic carbocycles. The zero-order chi connectivity index (χ0) is 8.27. The Morgan fingerprint density at radius 2 is 2.27 bits per heavy atom. The van der Waals surface area contributed by atoms with E-state index < -0.39 is 0 Å². The molecular formula is C8H12N2O. The number of phenols is 1. The van der Waals surface area contributed by atoms with Gasteiger partial charge in [0.25, 0.3) is 0 Å². The van der Waals surface area contributed by atoms with E-state index in [0.717, 1.165) is 11.1 Å². The first-order chi connectivity index (χ1) is 5.24. The number of hydrogen-bond donors (Lipinski definition) is 3. The van der Waals surface area contributed by atoms with Crippen LogP contribution in [0.25, 0.3) is 0 Å². The van der Waals surface area contributed by atoms with Gasteiger partial charge in [-0.15, -0.1) is 0 Å². The highest BCUT2D eigenvalue weighted by Crippen LogP contribution is 2.16. The van der Waals surface area contributed by atoms with Crippen LogP contribution in [0.2, 0.25) is 0 Å². The Balaban J connectivity index is 2.86. The fraction of sp³-hybridized carbons (Fsp3) is 0.250. The van der Waals surface area contributed by atoms with Crippen molar-refractivity contribution in [3.05, 3.63) is 29.3 Å². The van der Waals surface area contributed by atoms with E-state index in [1.54, 1.807) is 6.07 Å². The molecule has 0 fully saturated rings. The van der Waals surface area contributed by atoms with Crippen molar-refractivity contribution in [2.75, 3.05) is 0 Å². The van der Waals surface area contributed by atoms with E-state index in [-0.39, 0.29) is 0 Å². The summed E-state index contributed by atoms with van der Waals surface area (Å²) < 4.78 is 0. The number of nitrogens with two attached hydrogens (primary N) is 1. The van der Waals surface area contributed by atoms with Crippen molar-refractivity contribution in [2.45, 2.75) is 13.5 Å². The topological polar surface area (TPSA) is 58.3 Å². The summed E-state index contributed by atoms with van der Waals surface area (Å²) >= 11 is 0. The summed E-state index contributed by atoms with van der Waals surface area (Å²) in [5.41, 5.74) is 4.38. The molecule has 0 aliphatic carbocycles. The van der Waals surface area contributed by atoms with Gasteiger partial charge in [0.15, 0.2) is 0 Å². The Labute approximate surface area is 65.8 Å². The second-order valence-corrected chi connectivity index (χ2v) is 2.50. The van der Waals surface area contributed by atoms with Crippen molar-refractivity contribution < 1.29 is 5.11 Å². The third-order valence-corrected chi connectivity index (χ3v) is 1.58. The summed E-state index contributed by atoms with van der Waals surface area (Å²) in [4.78, 5) is 0. The first kappa shape index (κ1) is 8.04. The summed E-state index contributed by atoms with van der Waals surface area (Å²) in [6, 6.07) is 5.49. The zero-order valence-corrected chi connectivity index (χ0v) is 6.46. The molecule has 11 heavy (non-hydrogen) atoms. The minimum Gasteiger partial charge on any atom is -0.508 e. The Morgan fingerprint density at radius 1 is 1.55 bits per heavy atom. The van der Waals surface area contributed by atoms with Gasteiger partial charge in [0.2, 0.25) is 0 Å². The Hall–Kier alpha value is -1.06. The maximum Gasteiger partial charge on any atom is 0.118 e. The quantitative estimate of drug-likeness (QED) is 0.431. The van der Waals surface area contributed by atoms with Crippen LogP contribution in [0.5, 0.6) is 5.75 Å². The molecule has 1 rings (SSSR count). The lowest BCUT2D eigenvalue weighted by Crippen LogP contribution is -2.20. The molecule has 0 atom stereocenters. The molecule has 4 N–H and O–H groups in total. The highest BCUT2D eigenvalue weighted by atomic mass is 16.3. The molecule has 0 bridgehead atoms. The Morgan fingerprint density at radius 3 is 2.82 bits per heavy atom. The van der Waals surface area contributed by atoms with Crippen molar-refractivity contribution in [3.8, 4) is 5.75 Å². The van der Waals surface area contributed by atoms with E-state index in [1.165, 1.54) is 0 Å². The predicted octanol–water partition coefficient (Wildman–Crippen LogP) is 0.664. The molecule has 0 radical (unpaired) electrons. The van der Waals surface area contributed by atoms with Crippen LogP contribution in [0.1, 0.15) is 11.1 Å². The summed E-state index contributed by atoms with van der Waals surface area (Å²) in [6.45, 7) is 2.43. The molecule has 0 unspecified atom stereocenters. The van der Waals surface area contributed by atoms with E-state index >= 15 is 0 Å². The van der Waals surface area contributed by atoms with Gasteiger partial charge in [0, 0.05) is 6.54 Å². The second-order valence-electron chi connectivity index (χ2n) is 2.50. The van der Waals surface area contributed by atoms with Crippen LogP contribution < -0.4 is 11.3 Å². The minimum atomic E-state index is 0.317. The van der Waals surface area contributed by atoms with Crippen LogP contribution in [0, 0.1) is 6.92 Å². The molecule has 3 heteroatoms. The number of benzene rings is 1. The third-order valence-electron chi connectivity index (χ3n) is 1.58. The van der Waals surface area contributed by atoms with Gasteiger partial charge in [-0.2, -0.15) is 0 Å². The highest BCUT2D eigenvalue weighted by Gasteiger charge is 1.96. The lowest BCUT2D eigenvalue weighted by molar-refractivity contribution is 0.470. The van der Waals surface area contributed by atoms with Gasteiger partial charge in [-0.25, -0.2) is 0 Å². The maximum atomic E-state index is 9.26. The van der Waals surface area contributed by atoms with E-state index in [1.807, 2.05) is 19.1 Å². The molecule has 0 aliphatic heterocycles. The van der Waals surface area contributed by atoms with E-state index in [9.17, 15) is 5.11 Å². The highest BCUT2D eigenvalue weighted by molar-refractivity contribution is 5.35. The van der Waals surface area contributed by atoms with Gasteiger partial charge in [0.05, 0.1) is 0 Å². The summed E-state index contributed by atoms with van der Waals surface area (Å²) in [5, 5.41) is 9.26. The third kappa shape index (κ3) is 1.93. The van der Waals surface area contributed by atoms with Crippen LogP contribution in [-0.2, 0) is 6.54 Å². The first-order valence-electron chi connectivity index (χ1n) is 3.46. The van der Waals surface area contributed by atoms with Crippen LogP contribution in [0.15, 0.2) is 18.2 Å². The Kier molecular flexibility index (Phi) is 2.46. The van der Waals surface area contributed by atoms with Crippen LogP contribution in [0.3, 0.4) is 0 Å². The van der Waals surface area contributed by atoms with Crippen molar-refractivity contribution in [3.63, 3.8) is 0 Å². The fourth-order valence-corrected chi connectivity index (χ4v) is 0.883. The van der Waals surface area contributed by atoms with Crippen molar-refractivity contribution in [2.24, 2.45) is 5.84 Å². The molecule has 1 aromatic rings. The summed E-state index contributed by atoms with van der Waals surface area (Å²) in [6.07, 6.45) is 0. The number of aryl methyl sites for hydroxylation is 1. The van der Waals surface area contributed by atoms with Crippen LogP contribution >= 0.6 is 0 Å². The molecule has 0 saturated carbocycles.